The Morgan fingerprint density at radius 3 is 3.00 bits per heavy atom. The summed E-state index contributed by atoms with van der Waals surface area (Å²) < 4.78 is 2.21. The predicted octanol–water partition coefficient (Wildman–Crippen LogP) is 1.83. The van der Waals surface area contributed by atoms with Gasteiger partial charge in [0.25, 0.3) is 5.91 Å². The van der Waals surface area contributed by atoms with Crippen LogP contribution in [0.4, 0.5) is 0 Å². The van der Waals surface area contributed by atoms with Crippen molar-refractivity contribution in [3.8, 4) is 0 Å². The number of nitrogens with two attached hydrogens (primary N) is 1. The summed E-state index contributed by atoms with van der Waals surface area (Å²) in [6.45, 7) is 5.25. The predicted molar refractivity (Wildman–Crippen MR) is 62.4 cm³/mol. The Kier molecular flexibility index (Phi) is 2.99. The molecule has 0 radical (unpaired) electrons. The van der Waals surface area contributed by atoms with Gasteiger partial charge in [0, 0.05) is 13.0 Å². The maximum atomic E-state index is 11.4. The van der Waals surface area contributed by atoms with E-state index in [-0.39, 0.29) is 5.91 Å². The third-order valence-electron chi connectivity index (χ3n) is 3.28. The normalized spacial score (nSPS) is 19.5. The number of aromatic nitrogens is 2. The number of nitrogens with zero attached hydrogens (tertiary/aromatic N) is 2. The number of rotatable bonds is 3. The monoisotopic (exact) mass is 221 g/mol. The maximum absolute atomic E-state index is 11.4. The van der Waals surface area contributed by atoms with Crippen molar-refractivity contribution < 1.29 is 4.79 Å². The van der Waals surface area contributed by atoms with Crippen LogP contribution in [0.2, 0.25) is 0 Å². The first kappa shape index (κ1) is 11.2. The average Bonchev–Trinajstić information content (AvgIpc) is 2.60. The summed E-state index contributed by atoms with van der Waals surface area (Å²) in [7, 11) is 0. The number of carbonyl (C=O) groups is 1. The molecule has 16 heavy (non-hydrogen) atoms. The fourth-order valence-electron chi connectivity index (χ4n) is 2.55. The minimum Gasteiger partial charge on any atom is -0.364 e. The van der Waals surface area contributed by atoms with Crippen molar-refractivity contribution in [3.63, 3.8) is 0 Å². The summed E-state index contributed by atoms with van der Waals surface area (Å²) in [6.07, 6.45) is 4.26. The number of imidazole rings is 1. The number of primary amides is 1. The zero-order valence-electron chi connectivity index (χ0n) is 9.99. The van der Waals surface area contributed by atoms with Crippen LogP contribution in [0, 0.1) is 0 Å². The largest absolute Gasteiger partial charge is 0.364 e. The van der Waals surface area contributed by atoms with Crippen molar-refractivity contribution in [2.75, 3.05) is 0 Å². The fraction of sp³-hybridized carbons (Fsp3) is 0.667. The zero-order chi connectivity index (χ0) is 11.7. The molecule has 2 heterocycles. The maximum Gasteiger partial charge on any atom is 0.269 e. The molecule has 1 amide bonds. The fourth-order valence-corrected chi connectivity index (χ4v) is 2.55. The Labute approximate surface area is 95.9 Å². The van der Waals surface area contributed by atoms with E-state index in [1.165, 1.54) is 6.42 Å². The molecule has 4 heteroatoms. The summed E-state index contributed by atoms with van der Waals surface area (Å²) in [5.74, 6) is 1.03. The van der Waals surface area contributed by atoms with Crippen molar-refractivity contribution in [2.45, 2.75) is 52.0 Å². The molecular weight excluding hydrogens is 202 g/mol. The smallest absolute Gasteiger partial charge is 0.269 e. The Morgan fingerprint density at radius 1 is 1.62 bits per heavy atom. The minimum atomic E-state index is -0.389. The highest BCUT2D eigenvalue weighted by Gasteiger charge is 2.26. The van der Waals surface area contributed by atoms with E-state index in [1.54, 1.807) is 0 Å². The molecule has 1 aromatic heterocycles. The first-order valence-electron chi connectivity index (χ1n) is 6.04. The van der Waals surface area contributed by atoms with Gasteiger partial charge < -0.3 is 10.3 Å². The van der Waals surface area contributed by atoms with Crippen molar-refractivity contribution in [3.05, 3.63) is 17.2 Å². The second-order valence-corrected chi connectivity index (χ2v) is 4.57. The molecule has 0 saturated carbocycles. The summed E-state index contributed by atoms with van der Waals surface area (Å²) in [4.78, 5) is 15.8. The van der Waals surface area contributed by atoms with Gasteiger partial charge >= 0.3 is 0 Å². The molecule has 1 atom stereocenters. The van der Waals surface area contributed by atoms with Crippen LogP contribution in [0.25, 0.3) is 0 Å². The molecule has 0 spiro atoms. The van der Waals surface area contributed by atoms with Gasteiger partial charge in [-0.2, -0.15) is 0 Å². The molecule has 2 rings (SSSR count). The molecule has 2 N–H and O–H groups in total. The van der Waals surface area contributed by atoms with Gasteiger partial charge in [-0.05, 0) is 25.2 Å². The second-order valence-electron chi connectivity index (χ2n) is 4.57. The number of aryl methyl sites for hydroxylation is 1. The first-order chi connectivity index (χ1) is 7.65. The molecule has 1 aliphatic heterocycles. The topological polar surface area (TPSA) is 60.9 Å². The van der Waals surface area contributed by atoms with Gasteiger partial charge in [0.1, 0.15) is 11.5 Å². The van der Waals surface area contributed by atoms with E-state index >= 15 is 0 Å². The molecule has 0 aromatic carbocycles. The molecule has 0 saturated heterocycles. The average molecular weight is 221 g/mol. The Morgan fingerprint density at radius 2 is 2.38 bits per heavy atom. The molecule has 4 nitrogen and oxygen atoms in total. The molecule has 0 fully saturated rings. The second kappa shape index (κ2) is 4.28. The molecule has 0 aliphatic carbocycles. The Hall–Kier alpha value is -1.32. The van der Waals surface area contributed by atoms with Gasteiger partial charge in [0.15, 0.2) is 0 Å². The van der Waals surface area contributed by atoms with Crippen LogP contribution in [0.1, 0.15) is 61.0 Å². The number of carbonyl (C=O) groups excluding carboxylic acids is 1. The zero-order valence-corrected chi connectivity index (χ0v) is 9.99. The van der Waals surface area contributed by atoms with Gasteiger partial charge in [-0.1, -0.05) is 13.8 Å². The van der Waals surface area contributed by atoms with E-state index in [1.807, 2.05) is 0 Å². The molecular formula is C12H19N3O. The van der Waals surface area contributed by atoms with Gasteiger partial charge in [-0.25, -0.2) is 4.98 Å². The number of fused-ring (bicyclic) bond motifs is 1. The van der Waals surface area contributed by atoms with E-state index < -0.39 is 0 Å². The Bertz CT molecular complexity index is 409. The quantitative estimate of drug-likeness (QED) is 0.846. The van der Waals surface area contributed by atoms with Crippen LogP contribution in [-0.4, -0.2) is 15.5 Å². The lowest BCUT2D eigenvalue weighted by Crippen LogP contribution is -2.20. The van der Waals surface area contributed by atoms with Crippen LogP contribution >= 0.6 is 0 Å². The van der Waals surface area contributed by atoms with Crippen LogP contribution in [0.3, 0.4) is 0 Å². The molecule has 1 unspecified atom stereocenters. The van der Waals surface area contributed by atoms with Crippen LogP contribution in [0.5, 0.6) is 0 Å². The SMILES string of the molecule is CCCc1nc(C(N)=O)c2n1CCCC2C. The standard InChI is InChI=1S/C12H19N3O/c1-3-5-9-14-10(12(13)16)11-8(2)6-4-7-15(9)11/h8H,3-7H2,1-2H3,(H2,13,16). The van der Waals surface area contributed by atoms with E-state index in [9.17, 15) is 4.79 Å². The lowest BCUT2D eigenvalue weighted by atomic mass is 9.96. The van der Waals surface area contributed by atoms with Crippen LogP contribution < -0.4 is 5.73 Å². The number of hydrogen-bond donors (Lipinski definition) is 1. The third kappa shape index (κ3) is 1.72. The molecule has 88 valence electrons. The first-order valence-corrected chi connectivity index (χ1v) is 6.04. The lowest BCUT2D eigenvalue weighted by Gasteiger charge is -2.22. The van der Waals surface area contributed by atoms with E-state index in [2.05, 4.69) is 23.4 Å². The highest BCUT2D eigenvalue weighted by Crippen LogP contribution is 2.30. The molecule has 1 aliphatic rings. The van der Waals surface area contributed by atoms with Crippen molar-refractivity contribution >= 4 is 5.91 Å². The number of amides is 1. The van der Waals surface area contributed by atoms with Crippen LogP contribution in [-0.2, 0) is 13.0 Å². The van der Waals surface area contributed by atoms with Gasteiger partial charge in [-0.15, -0.1) is 0 Å². The van der Waals surface area contributed by atoms with Gasteiger partial charge in [-0.3, -0.25) is 4.79 Å². The summed E-state index contributed by atoms with van der Waals surface area (Å²) in [5.41, 5.74) is 6.95. The van der Waals surface area contributed by atoms with Crippen molar-refractivity contribution in [1.29, 1.82) is 0 Å². The Balaban J connectivity index is 2.51. The van der Waals surface area contributed by atoms with E-state index in [4.69, 9.17) is 5.73 Å². The lowest BCUT2D eigenvalue weighted by molar-refractivity contribution is 0.0994. The highest BCUT2D eigenvalue weighted by atomic mass is 16.1. The summed E-state index contributed by atoms with van der Waals surface area (Å²) >= 11 is 0. The van der Waals surface area contributed by atoms with E-state index in [0.29, 0.717) is 11.6 Å². The van der Waals surface area contributed by atoms with Crippen molar-refractivity contribution in [2.24, 2.45) is 5.73 Å². The van der Waals surface area contributed by atoms with Gasteiger partial charge in [0.2, 0.25) is 0 Å². The molecule has 1 aromatic rings. The van der Waals surface area contributed by atoms with Gasteiger partial charge in [0.05, 0.1) is 5.69 Å². The van der Waals surface area contributed by atoms with E-state index in [0.717, 1.165) is 37.3 Å². The third-order valence-corrected chi connectivity index (χ3v) is 3.28. The van der Waals surface area contributed by atoms with Crippen molar-refractivity contribution in [1.82, 2.24) is 9.55 Å². The highest BCUT2D eigenvalue weighted by molar-refractivity contribution is 5.92. The summed E-state index contributed by atoms with van der Waals surface area (Å²) in [5, 5.41) is 0. The molecule has 0 bridgehead atoms. The van der Waals surface area contributed by atoms with Crippen LogP contribution in [0.15, 0.2) is 0 Å². The summed E-state index contributed by atoms with van der Waals surface area (Å²) in [6, 6.07) is 0. The minimum absolute atomic E-state index is 0.389. The number of hydrogen-bond acceptors (Lipinski definition) is 2.